The quantitative estimate of drug-likeness (QED) is 0.678. The lowest BCUT2D eigenvalue weighted by Crippen LogP contribution is -2.27. The van der Waals surface area contributed by atoms with Gasteiger partial charge in [0.25, 0.3) is 0 Å². The first-order chi connectivity index (χ1) is 9.76. The second-order valence-electron chi connectivity index (χ2n) is 4.89. The number of nitrogen functional groups attached to an aromatic ring is 1. The molecule has 2 aromatic rings. The molecule has 0 spiro atoms. The molecule has 0 amide bonds. The molecule has 0 atom stereocenters. The normalized spacial score (nSPS) is 14.8. The van der Waals surface area contributed by atoms with Crippen molar-refractivity contribution in [1.82, 2.24) is 9.97 Å². The van der Waals surface area contributed by atoms with Crippen LogP contribution in [0.2, 0.25) is 0 Å². The van der Waals surface area contributed by atoms with Crippen LogP contribution in [0.1, 0.15) is 11.1 Å². The fraction of sp³-hybridized carbons (Fsp3) is 0.333. The van der Waals surface area contributed by atoms with Gasteiger partial charge in [-0.15, -0.1) is 0 Å². The molecule has 1 aliphatic rings. The molecule has 0 unspecified atom stereocenters. The Hall–Kier alpha value is -1.75. The molecule has 4 nitrogen and oxygen atoms in total. The lowest BCUT2D eigenvalue weighted by molar-refractivity contribution is 0.776. The highest BCUT2D eigenvalue weighted by atomic mass is 32.2. The number of fused-ring (bicyclic) bond motifs is 1. The zero-order chi connectivity index (χ0) is 13.9. The van der Waals surface area contributed by atoms with Crippen molar-refractivity contribution < 1.29 is 0 Å². The van der Waals surface area contributed by atoms with Crippen LogP contribution in [0, 0.1) is 0 Å². The molecule has 2 N–H and O–H groups in total. The summed E-state index contributed by atoms with van der Waals surface area (Å²) in [4.78, 5) is 11.1. The summed E-state index contributed by atoms with van der Waals surface area (Å²) in [5.74, 6) is 1.48. The molecule has 104 valence electrons. The second-order valence-corrected chi connectivity index (χ2v) is 5.67. The topological polar surface area (TPSA) is 55.0 Å². The Morgan fingerprint density at radius 2 is 1.75 bits per heavy atom. The van der Waals surface area contributed by atoms with Crippen LogP contribution in [0.15, 0.2) is 35.5 Å². The summed E-state index contributed by atoms with van der Waals surface area (Å²) < 4.78 is 0. The Morgan fingerprint density at radius 1 is 1.10 bits per heavy atom. The first-order valence-electron chi connectivity index (χ1n) is 6.76. The van der Waals surface area contributed by atoms with Crippen LogP contribution >= 0.6 is 11.8 Å². The number of rotatable bonds is 2. The number of nitrogens with two attached hydrogens (primary N) is 1. The Labute approximate surface area is 123 Å². The van der Waals surface area contributed by atoms with Crippen molar-refractivity contribution in [3.63, 3.8) is 0 Å². The maximum Gasteiger partial charge on any atom is 0.191 e. The zero-order valence-corrected chi connectivity index (χ0v) is 12.4. The third kappa shape index (κ3) is 2.72. The first-order valence-corrected chi connectivity index (χ1v) is 7.99. The monoisotopic (exact) mass is 286 g/mol. The minimum atomic E-state index is 0.543. The molecule has 0 fully saturated rings. The average molecular weight is 286 g/mol. The van der Waals surface area contributed by atoms with E-state index in [1.165, 1.54) is 22.9 Å². The minimum Gasteiger partial charge on any atom is -0.383 e. The Balaban J connectivity index is 1.85. The Bertz CT molecular complexity index is 588. The summed E-state index contributed by atoms with van der Waals surface area (Å²) >= 11 is 1.52. The molecule has 5 heteroatoms. The number of hydrogen-bond acceptors (Lipinski definition) is 5. The largest absolute Gasteiger partial charge is 0.383 e. The lowest BCUT2D eigenvalue weighted by Gasteiger charge is -2.21. The van der Waals surface area contributed by atoms with Crippen LogP contribution in [0.25, 0.3) is 0 Å². The molecule has 0 saturated heterocycles. The number of nitrogens with zero attached hydrogens (tertiary/aromatic N) is 3. The third-order valence-corrected chi connectivity index (χ3v) is 4.19. The average Bonchev–Trinajstić information content (AvgIpc) is 2.69. The Morgan fingerprint density at radius 3 is 2.35 bits per heavy atom. The lowest BCUT2D eigenvalue weighted by atomic mass is 10.0. The highest BCUT2D eigenvalue weighted by molar-refractivity contribution is 7.98. The van der Waals surface area contributed by atoms with Crippen LogP contribution in [0.4, 0.5) is 11.6 Å². The zero-order valence-electron chi connectivity index (χ0n) is 11.5. The smallest absolute Gasteiger partial charge is 0.191 e. The molecule has 0 saturated carbocycles. The predicted molar refractivity (Wildman–Crippen MR) is 84.3 cm³/mol. The van der Waals surface area contributed by atoms with Gasteiger partial charge in [-0.05, 0) is 30.2 Å². The highest BCUT2D eigenvalue weighted by Crippen LogP contribution is 2.22. The van der Waals surface area contributed by atoms with E-state index >= 15 is 0 Å². The van der Waals surface area contributed by atoms with Crippen LogP contribution < -0.4 is 10.6 Å². The summed E-state index contributed by atoms with van der Waals surface area (Å²) in [5, 5.41) is 0.738. The van der Waals surface area contributed by atoms with Crippen molar-refractivity contribution in [3.8, 4) is 0 Å². The van der Waals surface area contributed by atoms with Gasteiger partial charge < -0.3 is 10.6 Å². The van der Waals surface area contributed by atoms with Crippen molar-refractivity contribution in [2.45, 2.75) is 18.0 Å². The fourth-order valence-corrected chi connectivity index (χ4v) is 2.96. The molecule has 2 heterocycles. The van der Waals surface area contributed by atoms with Gasteiger partial charge in [0.2, 0.25) is 0 Å². The third-order valence-electron chi connectivity index (χ3n) is 3.64. The molecule has 1 aliphatic heterocycles. The fourth-order valence-electron chi connectivity index (χ4n) is 2.58. The molecule has 0 aliphatic carbocycles. The van der Waals surface area contributed by atoms with Gasteiger partial charge in [-0.25, -0.2) is 9.97 Å². The standard InChI is InChI=1S/C15H18N4S/c1-20-15-17-13(16)10-14(18-15)19-8-6-11-4-2-3-5-12(11)7-9-19/h2-5,10H,6-9H2,1H3,(H2,16,17,18). The van der Waals surface area contributed by atoms with Crippen LogP contribution in [-0.4, -0.2) is 29.3 Å². The Kier molecular flexibility index (Phi) is 3.78. The van der Waals surface area contributed by atoms with E-state index in [4.69, 9.17) is 5.73 Å². The van der Waals surface area contributed by atoms with Crippen molar-refractivity contribution in [2.24, 2.45) is 0 Å². The molecule has 3 rings (SSSR count). The van der Waals surface area contributed by atoms with Crippen LogP contribution in [0.3, 0.4) is 0 Å². The molecule has 20 heavy (non-hydrogen) atoms. The van der Waals surface area contributed by atoms with Crippen LogP contribution in [-0.2, 0) is 12.8 Å². The van der Waals surface area contributed by atoms with E-state index in [0.29, 0.717) is 5.82 Å². The second kappa shape index (κ2) is 5.71. The van der Waals surface area contributed by atoms with Gasteiger partial charge in [0.05, 0.1) is 0 Å². The molecular formula is C15H18N4S. The summed E-state index contributed by atoms with van der Waals surface area (Å²) in [6.07, 6.45) is 4.07. The summed E-state index contributed by atoms with van der Waals surface area (Å²) in [6.45, 7) is 1.95. The number of hydrogen-bond donors (Lipinski definition) is 1. The summed E-state index contributed by atoms with van der Waals surface area (Å²) in [5.41, 5.74) is 8.77. The van der Waals surface area contributed by atoms with Crippen molar-refractivity contribution in [1.29, 1.82) is 0 Å². The summed E-state index contributed by atoms with van der Waals surface area (Å²) in [6, 6.07) is 10.5. The number of thioether (sulfide) groups is 1. The summed E-state index contributed by atoms with van der Waals surface area (Å²) in [7, 11) is 0. The van der Waals surface area contributed by atoms with Gasteiger partial charge in [-0.2, -0.15) is 0 Å². The maximum absolute atomic E-state index is 5.87. The maximum atomic E-state index is 5.87. The van der Waals surface area contributed by atoms with E-state index in [-0.39, 0.29) is 0 Å². The molecule has 0 radical (unpaired) electrons. The first kappa shape index (κ1) is 13.2. The van der Waals surface area contributed by atoms with E-state index in [1.54, 1.807) is 0 Å². The van der Waals surface area contributed by atoms with Gasteiger partial charge in [-0.1, -0.05) is 36.0 Å². The van der Waals surface area contributed by atoms with E-state index in [9.17, 15) is 0 Å². The van der Waals surface area contributed by atoms with Crippen molar-refractivity contribution in [3.05, 3.63) is 41.5 Å². The predicted octanol–water partition coefficient (Wildman–Crippen LogP) is 2.39. The van der Waals surface area contributed by atoms with Gasteiger partial charge in [-0.3, -0.25) is 0 Å². The van der Waals surface area contributed by atoms with E-state index in [1.807, 2.05) is 12.3 Å². The van der Waals surface area contributed by atoms with E-state index in [2.05, 4.69) is 39.1 Å². The molecule has 0 bridgehead atoms. The van der Waals surface area contributed by atoms with Gasteiger partial charge >= 0.3 is 0 Å². The van der Waals surface area contributed by atoms with Crippen molar-refractivity contribution in [2.75, 3.05) is 30.0 Å². The molecule has 1 aromatic carbocycles. The molecule has 1 aromatic heterocycles. The number of anilines is 2. The van der Waals surface area contributed by atoms with Gasteiger partial charge in [0.15, 0.2) is 5.16 Å². The number of aromatic nitrogens is 2. The highest BCUT2D eigenvalue weighted by Gasteiger charge is 2.16. The minimum absolute atomic E-state index is 0.543. The van der Waals surface area contributed by atoms with Crippen LogP contribution in [0.5, 0.6) is 0 Å². The number of benzene rings is 1. The molecular weight excluding hydrogens is 268 g/mol. The van der Waals surface area contributed by atoms with Gasteiger partial charge in [0.1, 0.15) is 11.6 Å². The van der Waals surface area contributed by atoms with Gasteiger partial charge in [0, 0.05) is 19.2 Å². The van der Waals surface area contributed by atoms with E-state index in [0.717, 1.165) is 36.9 Å². The SMILES string of the molecule is CSc1nc(N)cc(N2CCc3ccccc3CC2)n1. The van der Waals surface area contributed by atoms with E-state index < -0.39 is 0 Å². The van der Waals surface area contributed by atoms with Crippen molar-refractivity contribution >= 4 is 23.4 Å².